The predicted molar refractivity (Wildman–Crippen MR) is 98.5 cm³/mol. The quantitative estimate of drug-likeness (QED) is 0.409. The molecule has 122 valence electrons. The van der Waals surface area contributed by atoms with Crippen molar-refractivity contribution < 1.29 is 9.36 Å². The molecule has 2 heterocycles. The first-order chi connectivity index (χ1) is 12.3. The number of aromatic nitrogens is 2. The van der Waals surface area contributed by atoms with E-state index in [9.17, 15) is 4.79 Å². The van der Waals surface area contributed by atoms with Crippen molar-refractivity contribution in [3.8, 4) is 11.3 Å². The maximum Gasteiger partial charge on any atom is 0.287 e. The molecule has 2 aromatic carbocycles. The van der Waals surface area contributed by atoms with Crippen molar-refractivity contribution in [3.63, 3.8) is 0 Å². The van der Waals surface area contributed by atoms with Crippen molar-refractivity contribution in [1.82, 2.24) is 4.40 Å². The van der Waals surface area contributed by atoms with Gasteiger partial charge < -0.3 is 0 Å². The van der Waals surface area contributed by atoms with Crippen LogP contribution in [0.1, 0.15) is 16.1 Å². The van der Waals surface area contributed by atoms with Gasteiger partial charge in [-0.1, -0.05) is 66.7 Å². The van der Waals surface area contributed by atoms with Gasteiger partial charge in [0.05, 0.1) is 6.20 Å². The van der Waals surface area contributed by atoms with Gasteiger partial charge in [-0.15, -0.1) is 0 Å². The first-order valence-corrected chi connectivity index (χ1v) is 8.39. The van der Waals surface area contributed by atoms with E-state index in [0.29, 0.717) is 6.54 Å². The van der Waals surface area contributed by atoms with Gasteiger partial charge in [0.1, 0.15) is 0 Å². The maximum atomic E-state index is 12.8. The maximum absolute atomic E-state index is 12.8. The zero-order chi connectivity index (χ0) is 17.2. The number of ketones is 1. The van der Waals surface area contributed by atoms with Gasteiger partial charge in [-0.3, -0.25) is 4.79 Å². The summed E-state index contributed by atoms with van der Waals surface area (Å²) in [6.07, 6.45) is 2.04. The molecule has 0 spiro atoms. The van der Waals surface area contributed by atoms with E-state index in [0.717, 1.165) is 28.2 Å². The van der Waals surface area contributed by atoms with Crippen molar-refractivity contribution in [1.29, 1.82) is 0 Å². The highest BCUT2D eigenvalue weighted by molar-refractivity contribution is 5.95. The minimum atomic E-state index is 0.110. The highest BCUT2D eigenvalue weighted by Gasteiger charge is 2.25. The summed E-state index contributed by atoms with van der Waals surface area (Å²) in [6.45, 7) is 2.41. The lowest BCUT2D eigenvalue weighted by molar-refractivity contribution is -0.645. The molecule has 0 amide bonds. The Morgan fingerprint density at radius 3 is 2.24 bits per heavy atom. The van der Waals surface area contributed by atoms with E-state index in [1.54, 1.807) is 0 Å². The predicted octanol–water partition coefficient (Wildman–Crippen LogP) is 4.09. The van der Waals surface area contributed by atoms with Crippen molar-refractivity contribution in [2.24, 2.45) is 0 Å². The van der Waals surface area contributed by atoms with Crippen LogP contribution in [-0.2, 0) is 6.54 Å². The first kappa shape index (κ1) is 15.3. The molecule has 2 aromatic heterocycles. The second kappa shape index (κ2) is 6.36. The van der Waals surface area contributed by atoms with Crippen LogP contribution >= 0.6 is 0 Å². The second-order valence-corrected chi connectivity index (χ2v) is 6.10. The fourth-order valence-electron chi connectivity index (χ4n) is 3.34. The third-order valence-electron chi connectivity index (χ3n) is 4.53. The van der Waals surface area contributed by atoms with E-state index in [1.807, 2.05) is 66.9 Å². The summed E-state index contributed by atoms with van der Waals surface area (Å²) in [4.78, 5) is 12.8. The van der Waals surface area contributed by atoms with E-state index in [-0.39, 0.29) is 5.78 Å². The molecule has 0 radical (unpaired) electrons. The van der Waals surface area contributed by atoms with Gasteiger partial charge in [-0.25, -0.2) is 4.57 Å². The van der Waals surface area contributed by atoms with Crippen LogP contribution in [0.4, 0.5) is 0 Å². The molecule has 0 aliphatic heterocycles. The summed E-state index contributed by atoms with van der Waals surface area (Å²) in [5, 5.41) is 0. The number of nitrogens with zero attached hydrogens (tertiary/aromatic N) is 2. The van der Waals surface area contributed by atoms with Crippen LogP contribution < -0.4 is 4.57 Å². The Morgan fingerprint density at radius 2 is 1.52 bits per heavy atom. The minimum Gasteiger partial charge on any atom is -0.290 e. The third kappa shape index (κ3) is 2.74. The summed E-state index contributed by atoms with van der Waals surface area (Å²) in [5.41, 5.74) is 5.08. The Hall–Kier alpha value is -3.20. The lowest BCUT2D eigenvalue weighted by atomic mass is 10.1. The van der Waals surface area contributed by atoms with E-state index in [2.05, 4.69) is 34.1 Å². The van der Waals surface area contributed by atoms with Gasteiger partial charge in [0.2, 0.25) is 5.78 Å². The molecule has 4 aromatic rings. The molecule has 3 nitrogen and oxygen atoms in total. The van der Waals surface area contributed by atoms with Crippen LogP contribution in [-0.4, -0.2) is 10.2 Å². The number of rotatable bonds is 4. The molecule has 0 bridgehead atoms. The first-order valence-electron chi connectivity index (χ1n) is 8.39. The van der Waals surface area contributed by atoms with Gasteiger partial charge in [-0.2, -0.15) is 4.40 Å². The van der Waals surface area contributed by atoms with Gasteiger partial charge in [0.25, 0.3) is 5.65 Å². The van der Waals surface area contributed by atoms with Crippen molar-refractivity contribution in [2.75, 3.05) is 0 Å². The number of hydrogen-bond donors (Lipinski definition) is 0. The van der Waals surface area contributed by atoms with Gasteiger partial charge in [0.15, 0.2) is 17.9 Å². The number of benzene rings is 2. The molecule has 0 fully saturated rings. The van der Waals surface area contributed by atoms with Crippen LogP contribution in [0.25, 0.3) is 16.9 Å². The number of pyridine rings is 1. The number of aryl methyl sites for hydroxylation is 1. The molecule has 3 heteroatoms. The monoisotopic (exact) mass is 327 g/mol. The van der Waals surface area contributed by atoms with Gasteiger partial charge in [0, 0.05) is 24.1 Å². The van der Waals surface area contributed by atoms with Gasteiger partial charge >= 0.3 is 0 Å². The number of Topliss-reactive ketones (excluding diaryl/α,β-unsaturated/α-hetero) is 1. The lowest BCUT2D eigenvalue weighted by Gasteiger charge is -2.04. The summed E-state index contributed by atoms with van der Waals surface area (Å²) in [5.74, 6) is 0.110. The van der Waals surface area contributed by atoms with Crippen LogP contribution in [0.2, 0.25) is 0 Å². The fourth-order valence-corrected chi connectivity index (χ4v) is 3.34. The number of hydrogen-bond acceptors (Lipinski definition) is 1. The normalized spacial score (nSPS) is 10.9. The molecule has 25 heavy (non-hydrogen) atoms. The number of carbonyl (C=O) groups is 1. The number of carbonyl (C=O) groups excluding carboxylic acids is 1. The van der Waals surface area contributed by atoms with E-state index >= 15 is 0 Å². The Kier molecular flexibility index (Phi) is 3.90. The van der Waals surface area contributed by atoms with Crippen LogP contribution in [0.5, 0.6) is 0 Å². The number of fused-ring (bicyclic) bond motifs is 1. The standard InChI is InChI=1S/C22H19N2O/c1-17-22(19-12-6-3-7-13-19)24(21-14-8-9-15-23(17)21)16-20(25)18-10-4-2-5-11-18/h2-15H,16H2,1H3/q+1. The molecule has 0 aliphatic carbocycles. The largest absolute Gasteiger partial charge is 0.290 e. The summed E-state index contributed by atoms with van der Waals surface area (Å²) < 4.78 is 4.25. The third-order valence-corrected chi connectivity index (χ3v) is 4.53. The average Bonchev–Trinajstić information content (AvgIpc) is 2.95. The molecular formula is C22H19N2O+. The highest BCUT2D eigenvalue weighted by Crippen LogP contribution is 2.22. The zero-order valence-corrected chi connectivity index (χ0v) is 14.1. The molecular weight excluding hydrogens is 308 g/mol. The highest BCUT2D eigenvalue weighted by atomic mass is 16.1. The van der Waals surface area contributed by atoms with Crippen molar-refractivity contribution >= 4 is 11.4 Å². The molecule has 0 unspecified atom stereocenters. The number of imidazole rings is 1. The molecule has 4 rings (SSSR count). The Morgan fingerprint density at radius 1 is 0.880 bits per heavy atom. The lowest BCUT2D eigenvalue weighted by Crippen LogP contribution is -2.39. The summed E-state index contributed by atoms with van der Waals surface area (Å²) in [6, 6.07) is 25.8. The van der Waals surface area contributed by atoms with E-state index < -0.39 is 0 Å². The average molecular weight is 327 g/mol. The van der Waals surface area contributed by atoms with E-state index in [1.165, 1.54) is 0 Å². The van der Waals surface area contributed by atoms with Crippen molar-refractivity contribution in [3.05, 3.63) is 96.3 Å². The smallest absolute Gasteiger partial charge is 0.287 e. The zero-order valence-electron chi connectivity index (χ0n) is 14.1. The SMILES string of the molecule is Cc1c(-c2ccccc2)[n+](CC(=O)c2ccccc2)c2ccccn12. The van der Waals surface area contributed by atoms with E-state index in [4.69, 9.17) is 0 Å². The molecule has 0 saturated carbocycles. The molecule has 0 atom stereocenters. The molecule has 0 saturated heterocycles. The Labute approximate surface area is 146 Å². The Bertz CT molecular complexity index is 1030. The van der Waals surface area contributed by atoms with Gasteiger partial charge in [-0.05, 0) is 6.07 Å². The fraction of sp³-hybridized carbons (Fsp3) is 0.0909. The molecule has 0 N–H and O–H groups in total. The Balaban J connectivity index is 1.89. The second-order valence-electron chi connectivity index (χ2n) is 6.10. The van der Waals surface area contributed by atoms with Crippen molar-refractivity contribution in [2.45, 2.75) is 13.5 Å². The molecule has 0 aliphatic rings. The van der Waals surface area contributed by atoms with Crippen LogP contribution in [0, 0.1) is 6.92 Å². The summed E-state index contributed by atoms with van der Waals surface area (Å²) >= 11 is 0. The minimum absolute atomic E-state index is 0.110. The van der Waals surface area contributed by atoms with Crippen LogP contribution in [0.3, 0.4) is 0 Å². The van der Waals surface area contributed by atoms with Crippen LogP contribution in [0.15, 0.2) is 85.1 Å². The topological polar surface area (TPSA) is 25.4 Å². The summed E-state index contributed by atoms with van der Waals surface area (Å²) in [7, 11) is 0.